The zero-order chi connectivity index (χ0) is 14.7. The number of nitrogens with zero attached hydrogens (tertiary/aromatic N) is 3. The van der Waals surface area contributed by atoms with Crippen LogP contribution < -0.4 is 0 Å². The van der Waals surface area contributed by atoms with Gasteiger partial charge in [0.1, 0.15) is 0 Å². The van der Waals surface area contributed by atoms with Crippen LogP contribution in [0.3, 0.4) is 0 Å². The van der Waals surface area contributed by atoms with Crippen LogP contribution in [0.1, 0.15) is 6.92 Å². The van der Waals surface area contributed by atoms with Crippen LogP contribution in [0.25, 0.3) is 11.4 Å². The van der Waals surface area contributed by atoms with Crippen molar-refractivity contribution in [2.24, 2.45) is 0 Å². The molecule has 0 saturated heterocycles. The molecular weight excluding hydrogens is 321 g/mol. The molecule has 0 fully saturated rings. The number of hydrogen-bond donors (Lipinski definition) is 1. The van der Waals surface area contributed by atoms with Crippen LogP contribution in [-0.2, 0) is 11.3 Å². The Kier molecular flexibility index (Phi) is 4.91. The minimum atomic E-state index is -0.905. The third kappa shape index (κ3) is 3.08. The van der Waals surface area contributed by atoms with Crippen molar-refractivity contribution >= 4 is 40.9 Å². The standard InChI is InChI=1S/C12H11Cl2N3O2S/c1-2-17-11(10-7(13)4-3-5-8(10)14)15-16-12(17)20-6-9(18)19/h3-5H,2,6H2,1H3,(H,18,19). The first-order valence-electron chi connectivity index (χ1n) is 5.76. The second kappa shape index (κ2) is 6.47. The summed E-state index contributed by atoms with van der Waals surface area (Å²) in [5.74, 6) is -0.442. The van der Waals surface area contributed by atoms with Crippen LogP contribution in [0.2, 0.25) is 10.0 Å². The molecule has 2 aromatic rings. The molecule has 1 aromatic carbocycles. The number of carboxylic acid groups (broad SMARTS) is 1. The summed E-state index contributed by atoms with van der Waals surface area (Å²) in [5, 5.41) is 18.3. The first kappa shape index (κ1) is 15.2. The molecule has 1 heterocycles. The van der Waals surface area contributed by atoms with Gasteiger partial charge >= 0.3 is 5.97 Å². The van der Waals surface area contributed by atoms with Crippen molar-refractivity contribution in [3.8, 4) is 11.4 Å². The van der Waals surface area contributed by atoms with Crippen LogP contribution in [0.4, 0.5) is 0 Å². The fourth-order valence-electron chi connectivity index (χ4n) is 1.70. The van der Waals surface area contributed by atoms with E-state index in [0.717, 1.165) is 11.8 Å². The average Bonchev–Trinajstić information content (AvgIpc) is 2.79. The molecule has 106 valence electrons. The molecule has 0 aliphatic heterocycles. The minimum Gasteiger partial charge on any atom is -0.481 e. The monoisotopic (exact) mass is 331 g/mol. The summed E-state index contributed by atoms with van der Waals surface area (Å²) in [6, 6.07) is 5.20. The lowest BCUT2D eigenvalue weighted by molar-refractivity contribution is -0.133. The first-order chi connectivity index (χ1) is 9.54. The van der Waals surface area contributed by atoms with E-state index in [1.165, 1.54) is 0 Å². The fourth-order valence-corrected chi connectivity index (χ4v) is 2.99. The lowest BCUT2D eigenvalue weighted by atomic mass is 10.2. The second-order valence-electron chi connectivity index (χ2n) is 3.83. The summed E-state index contributed by atoms with van der Waals surface area (Å²) in [5.41, 5.74) is 0.604. The molecule has 0 aliphatic carbocycles. The highest BCUT2D eigenvalue weighted by Gasteiger charge is 2.18. The summed E-state index contributed by atoms with van der Waals surface area (Å²) >= 11 is 13.4. The molecule has 2 rings (SSSR count). The molecule has 5 nitrogen and oxygen atoms in total. The summed E-state index contributed by atoms with van der Waals surface area (Å²) in [6.07, 6.45) is 0. The predicted octanol–water partition coefficient (Wildman–Crippen LogP) is 3.45. The van der Waals surface area contributed by atoms with E-state index in [4.69, 9.17) is 28.3 Å². The maximum Gasteiger partial charge on any atom is 0.313 e. The lowest BCUT2D eigenvalue weighted by Crippen LogP contribution is -2.03. The molecule has 0 bridgehead atoms. The predicted molar refractivity (Wildman–Crippen MR) is 79.5 cm³/mol. The van der Waals surface area contributed by atoms with Gasteiger partial charge in [0.2, 0.25) is 0 Å². The molecule has 1 N–H and O–H groups in total. The number of carboxylic acids is 1. The smallest absolute Gasteiger partial charge is 0.313 e. The number of thioether (sulfide) groups is 1. The molecule has 0 saturated carbocycles. The quantitative estimate of drug-likeness (QED) is 0.850. The minimum absolute atomic E-state index is 0.0750. The third-order valence-electron chi connectivity index (χ3n) is 2.54. The van der Waals surface area contributed by atoms with Crippen molar-refractivity contribution in [2.75, 3.05) is 5.75 Å². The van der Waals surface area contributed by atoms with Gasteiger partial charge in [-0.3, -0.25) is 4.79 Å². The molecule has 0 radical (unpaired) electrons. The number of aliphatic carboxylic acids is 1. The average molecular weight is 332 g/mol. The Morgan fingerprint density at radius 1 is 1.35 bits per heavy atom. The third-order valence-corrected chi connectivity index (χ3v) is 4.13. The SMILES string of the molecule is CCn1c(SCC(=O)O)nnc1-c1c(Cl)cccc1Cl. The second-order valence-corrected chi connectivity index (χ2v) is 5.59. The van der Waals surface area contributed by atoms with Crippen molar-refractivity contribution in [2.45, 2.75) is 18.6 Å². The molecule has 0 spiro atoms. The number of carbonyl (C=O) groups is 1. The van der Waals surface area contributed by atoms with Gasteiger partial charge in [-0.15, -0.1) is 10.2 Å². The number of rotatable bonds is 5. The van der Waals surface area contributed by atoms with Crippen molar-refractivity contribution in [3.05, 3.63) is 28.2 Å². The molecular formula is C12H11Cl2N3O2S. The number of aromatic nitrogens is 3. The summed E-state index contributed by atoms with van der Waals surface area (Å²) < 4.78 is 1.79. The number of hydrogen-bond acceptors (Lipinski definition) is 4. The highest BCUT2D eigenvalue weighted by atomic mass is 35.5. The Bertz CT molecular complexity index is 625. The first-order valence-corrected chi connectivity index (χ1v) is 7.51. The fraction of sp³-hybridized carbons (Fsp3) is 0.250. The zero-order valence-electron chi connectivity index (χ0n) is 10.5. The van der Waals surface area contributed by atoms with Gasteiger partial charge in [0.15, 0.2) is 11.0 Å². The van der Waals surface area contributed by atoms with E-state index in [0.29, 0.717) is 33.1 Å². The van der Waals surface area contributed by atoms with Gasteiger partial charge in [-0.25, -0.2) is 0 Å². The normalized spacial score (nSPS) is 10.8. The highest BCUT2D eigenvalue weighted by molar-refractivity contribution is 7.99. The Hall–Kier alpha value is -1.24. The Morgan fingerprint density at radius 3 is 2.55 bits per heavy atom. The van der Waals surface area contributed by atoms with Gasteiger partial charge in [0.05, 0.1) is 21.4 Å². The highest BCUT2D eigenvalue weighted by Crippen LogP contribution is 2.34. The molecule has 8 heteroatoms. The molecule has 0 unspecified atom stereocenters. The van der Waals surface area contributed by atoms with Gasteiger partial charge in [-0.1, -0.05) is 41.0 Å². The molecule has 1 aromatic heterocycles. The molecule has 0 atom stereocenters. The Morgan fingerprint density at radius 2 is 2.00 bits per heavy atom. The van der Waals surface area contributed by atoms with Crippen LogP contribution >= 0.6 is 35.0 Å². The molecule has 0 amide bonds. The van der Waals surface area contributed by atoms with Crippen LogP contribution in [0, 0.1) is 0 Å². The van der Waals surface area contributed by atoms with Gasteiger partial charge in [0.25, 0.3) is 0 Å². The van der Waals surface area contributed by atoms with E-state index in [1.807, 2.05) is 6.92 Å². The van der Waals surface area contributed by atoms with Crippen molar-refractivity contribution in [3.63, 3.8) is 0 Å². The van der Waals surface area contributed by atoms with E-state index in [9.17, 15) is 4.79 Å². The van der Waals surface area contributed by atoms with Gasteiger partial charge in [0, 0.05) is 6.54 Å². The van der Waals surface area contributed by atoms with E-state index in [2.05, 4.69) is 10.2 Å². The topological polar surface area (TPSA) is 68.0 Å². The number of halogens is 2. The van der Waals surface area contributed by atoms with E-state index >= 15 is 0 Å². The molecule has 0 aliphatic rings. The van der Waals surface area contributed by atoms with E-state index < -0.39 is 5.97 Å². The maximum atomic E-state index is 10.6. The lowest BCUT2D eigenvalue weighted by Gasteiger charge is -2.09. The van der Waals surface area contributed by atoms with Crippen LogP contribution in [-0.4, -0.2) is 31.6 Å². The Balaban J connectivity index is 2.45. The maximum absolute atomic E-state index is 10.6. The van der Waals surface area contributed by atoms with Crippen molar-refractivity contribution < 1.29 is 9.90 Å². The summed E-state index contributed by atoms with van der Waals surface area (Å²) in [7, 11) is 0. The van der Waals surface area contributed by atoms with Gasteiger partial charge in [-0.05, 0) is 19.1 Å². The van der Waals surface area contributed by atoms with Crippen LogP contribution in [0.5, 0.6) is 0 Å². The van der Waals surface area contributed by atoms with Crippen molar-refractivity contribution in [1.29, 1.82) is 0 Å². The van der Waals surface area contributed by atoms with Gasteiger partial charge < -0.3 is 9.67 Å². The summed E-state index contributed by atoms with van der Waals surface area (Å²) in [6.45, 7) is 2.51. The van der Waals surface area contributed by atoms with Crippen molar-refractivity contribution in [1.82, 2.24) is 14.8 Å². The number of benzene rings is 1. The van der Waals surface area contributed by atoms with E-state index in [1.54, 1.807) is 22.8 Å². The largest absolute Gasteiger partial charge is 0.481 e. The zero-order valence-corrected chi connectivity index (χ0v) is 12.8. The van der Waals surface area contributed by atoms with Gasteiger partial charge in [-0.2, -0.15) is 0 Å². The molecule has 20 heavy (non-hydrogen) atoms. The van der Waals surface area contributed by atoms with Crippen LogP contribution in [0.15, 0.2) is 23.4 Å². The summed E-state index contributed by atoms with van der Waals surface area (Å²) in [4.78, 5) is 10.6. The Labute approximate surface area is 129 Å². The van der Waals surface area contributed by atoms with E-state index in [-0.39, 0.29) is 5.75 Å².